The lowest BCUT2D eigenvalue weighted by Crippen LogP contribution is -2.48. The van der Waals surface area contributed by atoms with E-state index < -0.39 is 11.2 Å². The number of hydrogen-bond acceptors (Lipinski definition) is 6. The van der Waals surface area contributed by atoms with E-state index >= 15 is 0 Å². The Bertz CT molecular complexity index is 1590. The van der Waals surface area contributed by atoms with Crippen molar-refractivity contribution in [1.29, 1.82) is 0 Å². The number of carbonyl (C=O) groups is 1. The Kier molecular flexibility index (Phi) is 7.74. The van der Waals surface area contributed by atoms with Crippen LogP contribution in [0.25, 0.3) is 10.9 Å². The van der Waals surface area contributed by atoms with Crippen LogP contribution in [0.2, 0.25) is 0 Å². The molecule has 0 atom stereocenters. The Balaban J connectivity index is 1.18. The summed E-state index contributed by atoms with van der Waals surface area (Å²) in [6, 6.07) is 18.4. The molecule has 1 fully saturated rings. The van der Waals surface area contributed by atoms with E-state index in [0.717, 1.165) is 42.0 Å². The highest BCUT2D eigenvalue weighted by Crippen LogP contribution is 2.17. The van der Waals surface area contributed by atoms with Gasteiger partial charge in [0.15, 0.2) is 0 Å². The minimum Gasteiger partial charge on any atom is -0.497 e. The third-order valence-corrected chi connectivity index (χ3v) is 7.00. The summed E-state index contributed by atoms with van der Waals surface area (Å²) < 4.78 is 19.8. The fourth-order valence-electron chi connectivity index (χ4n) is 4.78. The molecule has 1 amide bonds. The minimum atomic E-state index is -0.543. The molecule has 10 heteroatoms. The quantitative estimate of drug-likeness (QED) is 0.363. The largest absolute Gasteiger partial charge is 0.497 e. The number of rotatable bonds is 8. The second kappa shape index (κ2) is 11.5. The normalized spacial score (nSPS) is 13.9. The molecule has 0 saturated carbocycles. The zero-order chi connectivity index (χ0) is 27.4. The van der Waals surface area contributed by atoms with E-state index in [1.165, 1.54) is 12.1 Å². The number of nitrogens with one attached hydrogen (secondary N) is 2. The van der Waals surface area contributed by atoms with Gasteiger partial charge >= 0.3 is 5.69 Å². The highest BCUT2D eigenvalue weighted by Gasteiger charge is 2.18. The van der Waals surface area contributed by atoms with Gasteiger partial charge in [0.1, 0.15) is 11.6 Å². The average molecular weight is 532 g/mol. The molecule has 5 rings (SSSR count). The molecule has 1 saturated heterocycles. The van der Waals surface area contributed by atoms with E-state index in [9.17, 15) is 18.8 Å². The summed E-state index contributed by atoms with van der Waals surface area (Å²) in [5.41, 5.74) is 1.38. The van der Waals surface area contributed by atoms with Gasteiger partial charge in [-0.2, -0.15) is 0 Å². The average Bonchev–Trinajstić information content (AvgIpc) is 2.95. The lowest BCUT2D eigenvalue weighted by Gasteiger charge is -2.36. The van der Waals surface area contributed by atoms with E-state index in [1.54, 1.807) is 55.6 Å². The number of nitrogens with zero attached hydrogens (tertiary/aromatic N) is 3. The van der Waals surface area contributed by atoms with Gasteiger partial charge in [0.2, 0.25) is 0 Å². The van der Waals surface area contributed by atoms with Crippen molar-refractivity contribution in [3.05, 3.63) is 105 Å². The Labute approximate surface area is 224 Å². The summed E-state index contributed by atoms with van der Waals surface area (Å²) in [6.07, 6.45) is 0. The summed E-state index contributed by atoms with van der Waals surface area (Å²) in [7, 11) is 1.57. The number of hydrogen-bond donors (Lipinski definition) is 2. The number of methoxy groups -OCH3 is 1. The van der Waals surface area contributed by atoms with Crippen molar-refractivity contribution in [1.82, 2.24) is 19.8 Å². The van der Waals surface area contributed by atoms with Crippen LogP contribution in [0.3, 0.4) is 0 Å². The van der Waals surface area contributed by atoms with Crippen LogP contribution in [0, 0.1) is 5.82 Å². The molecule has 0 radical (unpaired) electrons. The number of fused-ring (bicyclic) bond motifs is 1. The van der Waals surface area contributed by atoms with Crippen molar-refractivity contribution < 1.29 is 13.9 Å². The maximum Gasteiger partial charge on any atom is 0.329 e. The maximum atomic E-state index is 13.5. The van der Waals surface area contributed by atoms with E-state index in [2.05, 4.69) is 20.1 Å². The predicted molar refractivity (Wildman–Crippen MR) is 148 cm³/mol. The van der Waals surface area contributed by atoms with Crippen LogP contribution in [-0.2, 0) is 6.54 Å². The number of benzene rings is 3. The van der Waals surface area contributed by atoms with Gasteiger partial charge in [0, 0.05) is 50.5 Å². The summed E-state index contributed by atoms with van der Waals surface area (Å²) in [4.78, 5) is 45.6. The van der Waals surface area contributed by atoms with Crippen LogP contribution >= 0.6 is 0 Å². The van der Waals surface area contributed by atoms with Crippen LogP contribution in [0.1, 0.15) is 15.9 Å². The smallest absolute Gasteiger partial charge is 0.329 e. The molecule has 4 aromatic rings. The van der Waals surface area contributed by atoms with Gasteiger partial charge in [0.05, 0.1) is 24.6 Å². The first-order valence-electron chi connectivity index (χ1n) is 12.8. The second-order valence-corrected chi connectivity index (χ2v) is 9.49. The topological polar surface area (TPSA) is 99.7 Å². The number of amides is 1. The summed E-state index contributed by atoms with van der Waals surface area (Å²) in [5, 5.41) is 3.24. The Morgan fingerprint density at radius 1 is 1.00 bits per heavy atom. The standard InChI is InChI=1S/C29H30FN5O4/c1-39-24-8-5-20(6-9-24)19-35-28(37)25-10-7-21(17-26(25)32-29(35)38)27(36)31-11-12-33-13-15-34(16-14-33)23-4-2-3-22(30)18-23/h2-10,17-18H,11-16,19H2,1H3,(H,31,36)(H,32,38). The SMILES string of the molecule is COc1ccc(Cn2c(=O)[nH]c3cc(C(=O)NCCN4CCN(c5cccc(F)c5)CC4)ccc3c2=O)cc1. The van der Waals surface area contributed by atoms with Crippen LogP contribution in [0.5, 0.6) is 5.75 Å². The van der Waals surface area contributed by atoms with Gasteiger partial charge < -0.3 is 19.9 Å². The minimum absolute atomic E-state index is 0.118. The Morgan fingerprint density at radius 3 is 2.49 bits per heavy atom. The van der Waals surface area contributed by atoms with E-state index in [-0.39, 0.29) is 18.3 Å². The molecule has 0 spiro atoms. The Hall–Kier alpha value is -4.44. The molecule has 1 aromatic heterocycles. The number of anilines is 1. The molecule has 39 heavy (non-hydrogen) atoms. The van der Waals surface area contributed by atoms with E-state index in [1.807, 2.05) is 6.07 Å². The summed E-state index contributed by atoms with van der Waals surface area (Å²) >= 11 is 0. The molecule has 3 aromatic carbocycles. The third-order valence-electron chi connectivity index (χ3n) is 7.00. The number of halogens is 1. The molecular weight excluding hydrogens is 501 g/mol. The predicted octanol–water partition coefficient (Wildman–Crippen LogP) is 2.44. The van der Waals surface area contributed by atoms with Crippen molar-refractivity contribution in [2.75, 3.05) is 51.3 Å². The molecular formula is C29H30FN5O4. The zero-order valence-corrected chi connectivity index (χ0v) is 21.7. The maximum absolute atomic E-state index is 13.5. The molecule has 0 aliphatic carbocycles. The van der Waals surface area contributed by atoms with E-state index in [0.29, 0.717) is 35.3 Å². The molecule has 1 aliphatic rings. The first-order chi connectivity index (χ1) is 18.9. The van der Waals surface area contributed by atoms with Crippen LogP contribution in [0.15, 0.2) is 76.3 Å². The van der Waals surface area contributed by atoms with Gasteiger partial charge in [0.25, 0.3) is 11.5 Å². The van der Waals surface area contributed by atoms with Crippen molar-refractivity contribution >= 4 is 22.5 Å². The van der Waals surface area contributed by atoms with Crippen LogP contribution in [0.4, 0.5) is 10.1 Å². The number of piperazine rings is 1. The van der Waals surface area contributed by atoms with Gasteiger partial charge in [-0.1, -0.05) is 18.2 Å². The number of aromatic nitrogens is 2. The van der Waals surface area contributed by atoms with Gasteiger partial charge in [-0.15, -0.1) is 0 Å². The molecule has 2 heterocycles. The first kappa shape index (κ1) is 26.2. The molecule has 0 bridgehead atoms. The number of ether oxygens (including phenoxy) is 1. The molecule has 202 valence electrons. The number of aromatic amines is 1. The molecule has 2 N–H and O–H groups in total. The van der Waals surface area contributed by atoms with Crippen LogP contribution < -0.4 is 26.2 Å². The highest BCUT2D eigenvalue weighted by molar-refractivity contribution is 5.97. The molecule has 9 nitrogen and oxygen atoms in total. The number of H-pyrrole nitrogens is 1. The lowest BCUT2D eigenvalue weighted by molar-refractivity contribution is 0.0948. The third kappa shape index (κ3) is 6.01. The second-order valence-electron chi connectivity index (χ2n) is 9.49. The van der Waals surface area contributed by atoms with Crippen molar-refractivity contribution in [2.45, 2.75) is 6.54 Å². The monoisotopic (exact) mass is 531 g/mol. The number of carbonyl (C=O) groups excluding carboxylic acids is 1. The summed E-state index contributed by atoms with van der Waals surface area (Å²) in [5.74, 6) is 0.168. The van der Waals surface area contributed by atoms with Crippen LogP contribution in [-0.4, -0.2) is 66.7 Å². The molecule has 1 aliphatic heterocycles. The highest BCUT2D eigenvalue weighted by atomic mass is 19.1. The van der Waals surface area contributed by atoms with Crippen molar-refractivity contribution in [3.8, 4) is 5.75 Å². The van der Waals surface area contributed by atoms with E-state index in [4.69, 9.17) is 4.74 Å². The Morgan fingerprint density at radius 2 is 1.77 bits per heavy atom. The van der Waals surface area contributed by atoms with Crippen molar-refractivity contribution in [3.63, 3.8) is 0 Å². The van der Waals surface area contributed by atoms with Gasteiger partial charge in [-0.3, -0.25) is 19.1 Å². The van der Waals surface area contributed by atoms with Gasteiger partial charge in [-0.05, 0) is 54.1 Å². The summed E-state index contributed by atoms with van der Waals surface area (Å²) in [6.45, 7) is 4.45. The lowest BCUT2D eigenvalue weighted by atomic mass is 10.1. The fraction of sp³-hybridized carbons (Fsp3) is 0.276. The zero-order valence-electron chi connectivity index (χ0n) is 21.7. The van der Waals surface area contributed by atoms with Gasteiger partial charge in [-0.25, -0.2) is 9.18 Å². The fourth-order valence-corrected chi connectivity index (χ4v) is 4.78. The molecule has 0 unspecified atom stereocenters. The first-order valence-corrected chi connectivity index (χ1v) is 12.8. The van der Waals surface area contributed by atoms with Crippen molar-refractivity contribution in [2.24, 2.45) is 0 Å².